The average Bonchev–Trinajstić information content (AvgIpc) is 2.46. The highest BCUT2D eigenvalue weighted by Crippen LogP contribution is 2.29. The van der Waals surface area contributed by atoms with Gasteiger partial charge >= 0.3 is 0 Å². The quantitative estimate of drug-likeness (QED) is 0.850. The molecule has 0 amide bonds. The zero-order chi connectivity index (χ0) is 15.1. The van der Waals surface area contributed by atoms with Gasteiger partial charge in [0.1, 0.15) is 0 Å². The van der Waals surface area contributed by atoms with E-state index in [1.54, 1.807) is 13.0 Å². The standard InChI is InChI=1S/C15H22N2O3S/c1-15(18)6-9-17(10-7-15)21(19,20)14-4-2-3-12-11-16-8-5-13(12)14/h2-4,16,18H,5-11H2,1H3. The van der Waals surface area contributed by atoms with Gasteiger partial charge in [0.05, 0.1) is 10.5 Å². The van der Waals surface area contributed by atoms with E-state index in [-0.39, 0.29) is 0 Å². The number of nitrogens with zero attached hydrogens (tertiary/aromatic N) is 1. The molecular formula is C15H22N2O3S. The zero-order valence-corrected chi connectivity index (χ0v) is 13.1. The van der Waals surface area contributed by atoms with Crippen molar-refractivity contribution in [3.63, 3.8) is 0 Å². The fourth-order valence-corrected chi connectivity index (χ4v) is 4.82. The smallest absolute Gasteiger partial charge is 0.243 e. The second-order valence-electron chi connectivity index (χ2n) is 6.22. The molecule has 0 atom stereocenters. The molecule has 0 unspecified atom stereocenters. The summed E-state index contributed by atoms with van der Waals surface area (Å²) in [5, 5.41) is 13.3. The summed E-state index contributed by atoms with van der Waals surface area (Å²) in [4.78, 5) is 0.447. The highest BCUT2D eigenvalue weighted by Gasteiger charge is 2.35. The molecule has 116 valence electrons. The molecular weight excluding hydrogens is 288 g/mol. The summed E-state index contributed by atoms with van der Waals surface area (Å²) in [5.74, 6) is 0. The van der Waals surface area contributed by atoms with Crippen molar-refractivity contribution >= 4 is 10.0 Å². The molecule has 1 aromatic rings. The van der Waals surface area contributed by atoms with Crippen LogP contribution in [0.4, 0.5) is 0 Å². The van der Waals surface area contributed by atoms with Gasteiger partial charge in [0, 0.05) is 19.6 Å². The van der Waals surface area contributed by atoms with Gasteiger partial charge in [0.15, 0.2) is 0 Å². The Labute approximate surface area is 126 Å². The maximum Gasteiger partial charge on any atom is 0.243 e. The summed E-state index contributed by atoms with van der Waals surface area (Å²) in [5.41, 5.74) is 1.28. The Kier molecular flexibility index (Phi) is 3.81. The van der Waals surface area contributed by atoms with Crippen molar-refractivity contribution < 1.29 is 13.5 Å². The van der Waals surface area contributed by atoms with Crippen LogP contribution in [0.5, 0.6) is 0 Å². The second-order valence-corrected chi connectivity index (χ2v) is 8.13. The molecule has 2 N–H and O–H groups in total. The Balaban J connectivity index is 1.93. The lowest BCUT2D eigenvalue weighted by Crippen LogP contribution is -2.45. The molecule has 0 saturated carbocycles. The topological polar surface area (TPSA) is 69.6 Å². The molecule has 1 aromatic carbocycles. The van der Waals surface area contributed by atoms with Crippen molar-refractivity contribution in [3.8, 4) is 0 Å². The number of hydrogen-bond acceptors (Lipinski definition) is 4. The maximum atomic E-state index is 12.9. The minimum atomic E-state index is -3.46. The van der Waals surface area contributed by atoms with Crippen molar-refractivity contribution in [1.82, 2.24) is 9.62 Å². The summed E-state index contributed by atoms with van der Waals surface area (Å²) >= 11 is 0. The monoisotopic (exact) mass is 310 g/mol. The van der Waals surface area contributed by atoms with Gasteiger partial charge < -0.3 is 10.4 Å². The van der Waals surface area contributed by atoms with Crippen LogP contribution in [-0.2, 0) is 23.0 Å². The van der Waals surface area contributed by atoms with Crippen LogP contribution in [0.25, 0.3) is 0 Å². The van der Waals surface area contributed by atoms with Crippen LogP contribution >= 0.6 is 0 Å². The van der Waals surface area contributed by atoms with Crippen LogP contribution in [0.1, 0.15) is 30.9 Å². The van der Waals surface area contributed by atoms with E-state index in [0.29, 0.717) is 30.8 Å². The molecule has 0 spiro atoms. The second kappa shape index (κ2) is 5.35. The maximum absolute atomic E-state index is 12.9. The Morgan fingerprint density at radius 2 is 2.00 bits per heavy atom. The van der Waals surface area contributed by atoms with Crippen molar-refractivity contribution in [3.05, 3.63) is 29.3 Å². The predicted octanol–water partition coefficient (Wildman–Crippen LogP) is 0.868. The number of hydrogen-bond donors (Lipinski definition) is 2. The Morgan fingerprint density at radius 3 is 2.71 bits per heavy atom. The summed E-state index contributed by atoms with van der Waals surface area (Å²) in [7, 11) is -3.46. The first-order chi connectivity index (χ1) is 9.90. The molecule has 0 aliphatic carbocycles. The van der Waals surface area contributed by atoms with Crippen LogP contribution in [0.3, 0.4) is 0 Å². The lowest BCUT2D eigenvalue weighted by molar-refractivity contribution is 0.0126. The SMILES string of the molecule is CC1(O)CCN(S(=O)(=O)c2cccc3c2CCNC3)CC1. The largest absolute Gasteiger partial charge is 0.390 e. The van der Waals surface area contributed by atoms with E-state index in [1.165, 1.54) is 4.31 Å². The number of sulfonamides is 1. The van der Waals surface area contributed by atoms with E-state index in [4.69, 9.17) is 0 Å². The van der Waals surface area contributed by atoms with Crippen LogP contribution in [-0.4, -0.2) is 43.1 Å². The van der Waals surface area contributed by atoms with Gasteiger partial charge in [0.25, 0.3) is 0 Å². The molecule has 2 heterocycles. The summed E-state index contributed by atoms with van der Waals surface area (Å²) in [6.45, 7) is 4.09. The molecule has 21 heavy (non-hydrogen) atoms. The van der Waals surface area contributed by atoms with E-state index in [2.05, 4.69) is 5.32 Å². The van der Waals surface area contributed by atoms with Crippen LogP contribution in [0.15, 0.2) is 23.1 Å². The molecule has 0 aromatic heterocycles. The van der Waals surface area contributed by atoms with Gasteiger partial charge in [-0.15, -0.1) is 0 Å². The van der Waals surface area contributed by atoms with Crippen molar-refractivity contribution in [2.75, 3.05) is 19.6 Å². The molecule has 1 fully saturated rings. The summed E-state index contributed by atoms with van der Waals surface area (Å²) in [6, 6.07) is 5.52. The fourth-order valence-electron chi connectivity index (χ4n) is 3.09. The van der Waals surface area contributed by atoms with Gasteiger partial charge in [-0.2, -0.15) is 4.31 Å². The molecule has 6 heteroatoms. The summed E-state index contributed by atoms with van der Waals surface area (Å²) in [6.07, 6.45) is 1.72. The Morgan fingerprint density at radius 1 is 1.29 bits per heavy atom. The number of rotatable bonds is 2. The number of fused-ring (bicyclic) bond motifs is 1. The van der Waals surface area contributed by atoms with Crippen LogP contribution in [0, 0.1) is 0 Å². The minimum absolute atomic E-state index is 0.386. The van der Waals surface area contributed by atoms with Crippen molar-refractivity contribution in [2.24, 2.45) is 0 Å². The van der Waals surface area contributed by atoms with E-state index >= 15 is 0 Å². The van der Waals surface area contributed by atoms with Crippen molar-refractivity contribution in [1.29, 1.82) is 0 Å². The number of piperidine rings is 1. The number of aliphatic hydroxyl groups is 1. The van der Waals surface area contributed by atoms with Gasteiger partial charge in [-0.3, -0.25) is 0 Å². The van der Waals surface area contributed by atoms with E-state index in [1.807, 2.05) is 12.1 Å². The third kappa shape index (κ3) is 2.85. The molecule has 0 bridgehead atoms. The lowest BCUT2D eigenvalue weighted by Gasteiger charge is -2.35. The third-order valence-corrected chi connectivity index (χ3v) is 6.50. The van der Waals surface area contributed by atoms with E-state index in [0.717, 1.165) is 30.6 Å². The normalized spacial score (nSPS) is 22.8. The van der Waals surface area contributed by atoms with E-state index < -0.39 is 15.6 Å². The third-order valence-electron chi connectivity index (χ3n) is 4.51. The molecule has 5 nitrogen and oxygen atoms in total. The first-order valence-electron chi connectivity index (χ1n) is 7.44. The Hall–Kier alpha value is -0.950. The molecule has 0 radical (unpaired) electrons. The van der Waals surface area contributed by atoms with Gasteiger partial charge in [-0.1, -0.05) is 12.1 Å². The van der Waals surface area contributed by atoms with Crippen LogP contribution in [0.2, 0.25) is 0 Å². The van der Waals surface area contributed by atoms with Gasteiger partial charge in [-0.05, 0) is 49.9 Å². The van der Waals surface area contributed by atoms with Crippen LogP contribution < -0.4 is 5.32 Å². The molecule has 2 aliphatic rings. The zero-order valence-electron chi connectivity index (χ0n) is 12.3. The Bertz CT molecular complexity index is 630. The first kappa shape index (κ1) is 15.0. The molecule has 2 aliphatic heterocycles. The highest BCUT2D eigenvalue weighted by atomic mass is 32.2. The predicted molar refractivity (Wildman–Crippen MR) is 80.5 cm³/mol. The average molecular weight is 310 g/mol. The number of nitrogens with one attached hydrogen (secondary N) is 1. The number of benzene rings is 1. The molecule has 3 rings (SSSR count). The lowest BCUT2D eigenvalue weighted by atomic mass is 9.95. The van der Waals surface area contributed by atoms with Crippen molar-refractivity contribution in [2.45, 2.75) is 43.2 Å². The first-order valence-corrected chi connectivity index (χ1v) is 8.88. The van der Waals surface area contributed by atoms with E-state index in [9.17, 15) is 13.5 Å². The summed E-state index contributed by atoms with van der Waals surface area (Å²) < 4.78 is 27.3. The van der Waals surface area contributed by atoms with Gasteiger partial charge in [0.2, 0.25) is 10.0 Å². The highest BCUT2D eigenvalue weighted by molar-refractivity contribution is 7.89. The molecule has 1 saturated heterocycles. The minimum Gasteiger partial charge on any atom is -0.390 e. The fraction of sp³-hybridized carbons (Fsp3) is 0.600. The van der Waals surface area contributed by atoms with Gasteiger partial charge in [-0.25, -0.2) is 8.42 Å².